The third-order valence-corrected chi connectivity index (χ3v) is 3.61. The highest BCUT2D eigenvalue weighted by molar-refractivity contribution is 5.89. The van der Waals surface area contributed by atoms with Gasteiger partial charge in [-0.25, -0.2) is 9.59 Å². The maximum Gasteiger partial charge on any atom is 0.414 e. The van der Waals surface area contributed by atoms with Crippen molar-refractivity contribution in [2.75, 3.05) is 18.1 Å². The molecule has 1 aliphatic rings. The van der Waals surface area contributed by atoms with Crippen LogP contribution in [0.4, 0.5) is 15.3 Å². The van der Waals surface area contributed by atoms with Crippen molar-refractivity contribution < 1.29 is 14.3 Å². The molecule has 3 rings (SSSR count). The van der Waals surface area contributed by atoms with E-state index in [1.807, 2.05) is 36.4 Å². The van der Waals surface area contributed by atoms with E-state index < -0.39 is 0 Å². The van der Waals surface area contributed by atoms with Gasteiger partial charge in [0.1, 0.15) is 6.61 Å². The SMILES string of the molecule is O=C(NCc1cccnc1)NCc1cccc(N2CCOC2=O)c1. The number of rotatable bonds is 5. The van der Waals surface area contributed by atoms with Gasteiger partial charge in [0.05, 0.1) is 6.54 Å². The van der Waals surface area contributed by atoms with E-state index in [-0.39, 0.29) is 12.1 Å². The summed E-state index contributed by atoms with van der Waals surface area (Å²) < 4.78 is 4.93. The summed E-state index contributed by atoms with van der Waals surface area (Å²) in [6, 6.07) is 10.9. The molecule has 24 heavy (non-hydrogen) atoms. The zero-order valence-corrected chi connectivity index (χ0v) is 13.1. The topological polar surface area (TPSA) is 83.6 Å². The number of pyridine rings is 1. The standard InChI is InChI=1S/C17H18N4O3/c22-16(20-12-14-4-2-6-18-10-14)19-11-13-3-1-5-15(9-13)21-7-8-24-17(21)23/h1-6,9-10H,7-8,11-12H2,(H2,19,20,22). The van der Waals surface area contributed by atoms with Crippen LogP contribution in [0.1, 0.15) is 11.1 Å². The van der Waals surface area contributed by atoms with E-state index >= 15 is 0 Å². The fourth-order valence-electron chi connectivity index (χ4n) is 2.39. The average molecular weight is 326 g/mol. The van der Waals surface area contributed by atoms with Crippen molar-refractivity contribution in [1.82, 2.24) is 15.6 Å². The molecule has 1 aliphatic heterocycles. The lowest BCUT2D eigenvalue weighted by Crippen LogP contribution is -2.34. The maximum atomic E-state index is 11.9. The number of benzene rings is 1. The van der Waals surface area contributed by atoms with Crippen LogP contribution in [-0.4, -0.2) is 30.3 Å². The second-order valence-electron chi connectivity index (χ2n) is 5.33. The van der Waals surface area contributed by atoms with E-state index in [0.29, 0.717) is 26.2 Å². The minimum absolute atomic E-state index is 0.259. The molecular formula is C17H18N4O3. The van der Waals surface area contributed by atoms with Gasteiger partial charge in [0.15, 0.2) is 0 Å². The van der Waals surface area contributed by atoms with Gasteiger partial charge in [0, 0.05) is 31.2 Å². The highest BCUT2D eigenvalue weighted by Crippen LogP contribution is 2.19. The molecule has 1 saturated heterocycles. The van der Waals surface area contributed by atoms with Gasteiger partial charge < -0.3 is 15.4 Å². The van der Waals surface area contributed by atoms with Gasteiger partial charge in [-0.2, -0.15) is 0 Å². The molecule has 2 N–H and O–H groups in total. The number of amides is 3. The highest BCUT2D eigenvalue weighted by Gasteiger charge is 2.23. The third-order valence-electron chi connectivity index (χ3n) is 3.61. The molecule has 1 fully saturated rings. The van der Waals surface area contributed by atoms with Crippen LogP contribution in [0.2, 0.25) is 0 Å². The summed E-state index contributed by atoms with van der Waals surface area (Å²) in [7, 11) is 0. The predicted octanol–water partition coefficient (Wildman–Crippen LogP) is 2.04. The van der Waals surface area contributed by atoms with Crippen molar-refractivity contribution in [2.24, 2.45) is 0 Å². The Labute approximate surface area is 139 Å². The first-order valence-electron chi connectivity index (χ1n) is 7.66. The Morgan fingerprint density at radius 2 is 1.96 bits per heavy atom. The number of nitrogens with zero attached hydrogens (tertiary/aromatic N) is 2. The maximum absolute atomic E-state index is 11.9. The number of hydrogen-bond donors (Lipinski definition) is 2. The van der Waals surface area contributed by atoms with Crippen molar-refractivity contribution in [1.29, 1.82) is 0 Å². The summed E-state index contributed by atoms with van der Waals surface area (Å²) in [5, 5.41) is 5.56. The lowest BCUT2D eigenvalue weighted by Gasteiger charge is -2.14. The molecule has 1 aromatic carbocycles. The van der Waals surface area contributed by atoms with Gasteiger partial charge in [-0.3, -0.25) is 9.88 Å². The van der Waals surface area contributed by atoms with Crippen molar-refractivity contribution in [3.63, 3.8) is 0 Å². The molecule has 124 valence electrons. The van der Waals surface area contributed by atoms with Crippen molar-refractivity contribution in [2.45, 2.75) is 13.1 Å². The fraction of sp³-hybridized carbons (Fsp3) is 0.235. The molecule has 2 aromatic rings. The first kappa shape index (κ1) is 15.8. The van der Waals surface area contributed by atoms with Crippen LogP contribution in [0, 0.1) is 0 Å². The van der Waals surface area contributed by atoms with Crippen LogP contribution in [0.3, 0.4) is 0 Å². The van der Waals surface area contributed by atoms with Gasteiger partial charge >= 0.3 is 12.1 Å². The number of ether oxygens (including phenoxy) is 1. The zero-order valence-electron chi connectivity index (χ0n) is 13.1. The Balaban J connectivity index is 1.51. The zero-order chi connectivity index (χ0) is 16.8. The monoisotopic (exact) mass is 326 g/mol. The molecule has 0 unspecified atom stereocenters. The quantitative estimate of drug-likeness (QED) is 0.881. The summed E-state index contributed by atoms with van der Waals surface area (Å²) in [6.07, 6.45) is 3.06. The summed E-state index contributed by atoms with van der Waals surface area (Å²) >= 11 is 0. The van der Waals surface area contributed by atoms with Crippen LogP contribution in [0.5, 0.6) is 0 Å². The van der Waals surface area contributed by atoms with Crippen LogP contribution >= 0.6 is 0 Å². The number of aromatic nitrogens is 1. The van der Waals surface area contributed by atoms with Gasteiger partial charge in [0.2, 0.25) is 0 Å². The minimum atomic E-state index is -0.339. The Hall–Kier alpha value is -3.09. The van der Waals surface area contributed by atoms with Crippen molar-refractivity contribution >= 4 is 17.8 Å². The molecule has 7 heteroatoms. The summed E-state index contributed by atoms with van der Waals surface area (Å²) in [6.45, 7) is 1.73. The molecule has 7 nitrogen and oxygen atoms in total. The number of urea groups is 1. The Morgan fingerprint density at radius 1 is 1.17 bits per heavy atom. The van der Waals surface area contributed by atoms with E-state index in [1.54, 1.807) is 17.3 Å². The largest absolute Gasteiger partial charge is 0.447 e. The molecule has 3 amide bonds. The lowest BCUT2D eigenvalue weighted by molar-refractivity contribution is 0.181. The number of anilines is 1. The minimum Gasteiger partial charge on any atom is -0.447 e. The van der Waals surface area contributed by atoms with E-state index in [1.165, 1.54) is 0 Å². The lowest BCUT2D eigenvalue weighted by atomic mass is 10.2. The molecule has 0 aliphatic carbocycles. The Morgan fingerprint density at radius 3 is 2.67 bits per heavy atom. The van der Waals surface area contributed by atoms with E-state index in [2.05, 4.69) is 15.6 Å². The number of nitrogens with one attached hydrogen (secondary N) is 2. The first-order valence-corrected chi connectivity index (χ1v) is 7.66. The molecule has 0 radical (unpaired) electrons. The molecule has 0 saturated carbocycles. The number of carbonyl (C=O) groups excluding carboxylic acids is 2. The molecule has 2 heterocycles. The molecule has 0 spiro atoms. The molecule has 0 atom stereocenters. The summed E-state index contributed by atoms with van der Waals surface area (Å²) in [5.41, 5.74) is 2.61. The third kappa shape index (κ3) is 4.01. The number of cyclic esters (lactones) is 1. The summed E-state index contributed by atoms with van der Waals surface area (Å²) in [5.74, 6) is 0. The average Bonchev–Trinajstić information content (AvgIpc) is 3.05. The second-order valence-corrected chi connectivity index (χ2v) is 5.33. The molecular weight excluding hydrogens is 308 g/mol. The van der Waals surface area contributed by atoms with E-state index in [4.69, 9.17) is 4.74 Å². The normalized spacial score (nSPS) is 13.5. The van der Waals surface area contributed by atoms with Gasteiger partial charge in [0.25, 0.3) is 0 Å². The highest BCUT2D eigenvalue weighted by atomic mass is 16.6. The summed E-state index contributed by atoms with van der Waals surface area (Å²) in [4.78, 5) is 29.0. The van der Waals surface area contributed by atoms with Crippen LogP contribution in [0.25, 0.3) is 0 Å². The number of hydrogen-bond acceptors (Lipinski definition) is 4. The van der Waals surface area contributed by atoms with Gasteiger partial charge in [-0.15, -0.1) is 0 Å². The first-order chi connectivity index (χ1) is 11.7. The smallest absolute Gasteiger partial charge is 0.414 e. The van der Waals surface area contributed by atoms with Crippen LogP contribution in [-0.2, 0) is 17.8 Å². The molecule has 1 aromatic heterocycles. The Bertz CT molecular complexity index is 721. The van der Waals surface area contributed by atoms with E-state index in [0.717, 1.165) is 16.8 Å². The van der Waals surface area contributed by atoms with Crippen LogP contribution in [0.15, 0.2) is 48.8 Å². The van der Waals surface area contributed by atoms with Gasteiger partial charge in [-0.05, 0) is 29.3 Å². The van der Waals surface area contributed by atoms with Crippen LogP contribution < -0.4 is 15.5 Å². The van der Waals surface area contributed by atoms with Crippen molar-refractivity contribution in [3.8, 4) is 0 Å². The number of carbonyl (C=O) groups is 2. The van der Waals surface area contributed by atoms with Gasteiger partial charge in [-0.1, -0.05) is 18.2 Å². The van der Waals surface area contributed by atoms with E-state index in [9.17, 15) is 9.59 Å². The fourth-order valence-corrected chi connectivity index (χ4v) is 2.39. The Kier molecular flexibility index (Phi) is 4.90. The molecule has 0 bridgehead atoms. The predicted molar refractivity (Wildman–Crippen MR) is 88.4 cm³/mol. The van der Waals surface area contributed by atoms with Crippen molar-refractivity contribution in [3.05, 3.63) is 59.9 Å². The second kappa shape index (κ2) is 7.45.